The van der Waals surface area contributed by atoms with Crippen LogP contribution in [0.5, 0.6) is 0 Å². The molecule has 1 fully saturated rings. The summed E-state index contributed by atoms with van der Waals surface area (Å²) in [6, 6.07) is 9.12. The number of nitrogens with zero attached hydrogens (tertiary/aromatic N) is 1. The van der Waals surface area contributed by atoms with Crippen LogP contribution < -0.4 is 16.4 Å². The molecule has 2 rings (SSSR count). The van der Waals surface area contributed by atoms with Gasteiger partial charge in [0.15, 0.2) is 0 Å². The lowest BCUT2D eigenvalue weighted by atomic mass is 9.84. The van der Waals surface area contributed by atoms with Crippen molar-refractivity contribution in [3.63, 3.8) is 0 Å². The van der Waals surface area contributed by atoms with Crippen LogP contribution in [0, 0.1) is 22.7 Å². The average Bonchev–Trinajstić information content (AvgIpc) is 2.82. The standard InChI is InChI=1S/C17H24N4O/c1-17(2,3)9-15-11(10-18)8-14(21-15)16(22)20-13-6-4-12(19)5-7-13/h4-7,11,14-15,21H,8-9,19H2,1-3H3,(H,20,22). The van der Waals surface area contributed by atoms with Crippen LogP contribution in [-0.4, -0.2) is 18.0 Å². The first-order valence-electron chi connectivity index (χ1n) is 7.60. The van der Waals surface area contributed by atoms with Gasteiger partial charge in [-0.3, -0.25) is 4.79 Å². The second-order valence-electron chi connectivity index (χ2n) is 7.17. The Kier molecular flexibility index (Phi) is 4.72. The Labute approximate surface area is 131 Å². The van der Waals surface area contributed by atoms with E-state index in [1.165, 1.54) is 0 Å². The van der Waals surface area contributed by atoms with Crippen molar-refractivity contribution in [2.75, 3.05) is 11.1 Å². The van der Waals surface area contributed by atoms with Crippen molar-refractivity contribution >= 4 is 17.3 Å². The van der Waals surface area contributed by atoms with Gasteiger partial charge in [-0.2, -0.15) is 5.26 Å². The number of benzene rings is 1. The third-order valence-electron chi connectivity index (χ3n) is 3.88. The number of amides is 1. The fourth-order valence-electron chi connectivity index (χ4n) is 2.84. The molecule has 1 heterocycles. The first-order valence-corrected chi connectivity index (χ1v) is 7.60. The molecule has 22 heavy (non-hydrogen) atoms. The van der Waals surface area contributed by atoms with Crippen molar-refractivity contribution in [2.45, 2.75) is 45.7 Å². The fourth-order valence-corrected chi connectivity index (χ4v) is 2.84. The first-order chi connectivity index (χ1) is 10.3. The van der Waals surface area contributed by atoms with Gasteiger partial charge in [0.05, 0.1) is 18.0 Å². The van der Waals surface area contributed by atoms with Gasteiger partial charge in [0, 0.05) is 17.4 Å². The van der Waals surface area contributed by atoms with Crippen LogP contribution >= 0.6 is 0 Å². The van der Waals surface area contributed by atoms with E-state index in [0.717, 1.165) is 6.42 Å². The molecule has 3 atom stereocenters. The van der Waals surface area contributed by atoms with Crippen LogP contribution in [0.15, 0.2) is 24.3 Å². The van der Waals surface area contributed by atoms with Crippen molar-refractivity contribution in [3.8, 4) is 6.07 Å². The minimum Gasteiger partial charge on any atom is -0.399 e. The van der Waals surface area contributed by atoms with Gasteiger partial charge in [-0.15, -0.1) is 0 Å². The topological polar surface area (TPSA) is 90.9 Å². The van der Waals surface area contributed by atoms with Gasteiger partial charge in [-0.05, 0) is 42.5 Å². The third-order valence-corrected chi connectivity index (χ3v) is 3.88. The highest BCUT2D eigenvalue weighted by atomic mass is 16.2. The minimum atomic E-state index is -0.324. The SMILES string of the molecule is CC(C)(C)CC1NC(C(=O)Nc2ccc(N)cc2)CC1C#N. The molecular weight excluding hydrogens is 276 g/mol. The second kappa shape index (κ2) is 6.37. The molecule has 1 aliphatic heterocycles. The molecule has 4 N–H and O–H groups in total. The number of carbonyl (C=O) groups is 1. The molecule has 1 aromatic carbocycles. The number of nitrogens with one attached hydrogen (secondary N) is 2. The minimum absolute atomic E-state index is 0.0622. The second-order valence-corrected chi connectivity index (χ2v) is 7.17. The fraction of sp³-hybridized carbons (Fsp3) is 0.529. The Morgan fingerprint density at radius 1 is 1.41 bits per heavy atom. The zero-order chi connectivity index (χ0) is 16.3. The van der Waals surface area contributed by atoms with Crippen molar-refractivity contribution in [1.29, 1.82) is 5.26 Å². The van der Waals surface area contributed by atoms with Gasteiger partial charge >= 0.3 is 0 Å². The number of nitrogens with two attached hydrogens (primary N) is 1. The van der Waals surface area contributed by atoms with E-state index in [-0.39, 0.29) is 29.3 Å². The number of hydrogen-bond donors (Lipinski definition) is 3. The molecule has 0 radical (unpaired) electrons. The Morgan fingerprint density at radius 2 is 2.05 bits per heavy atom. The summed E-state index contributed by atoms with van der Waals surface area (Å²) >= 11 is 0. The summed E-state index contributed by atoms with van der Waals surface area (Å²) in [5.41, 5.74) is 7.13. The Morgan fingerprint density at radius 3 is 2.59 bits per heavy atom. The predicted molar refractivity (Wildman–Crippen MR) is 88.0 cm³/mol. The highest BCUT2D eigenvalue weighted by Crippen LogP contribution is 2.30. The van der Waals surface area contributed by atoms with Crippen molar-refractivity contribution in [2.24, 2.45) is 11.3 Å². The Balaban J connectivity index is 1.99. The summed E-state index contributed by atoms with van der Waals surface area (Å²) < 4.78 is 0. The summed E-state index contributed by atoms with van der Waals surface area (Å²) in [5, 5.41) is 15.5. The molecule has 1 aromatic rings. The van der Waals surface area contributed by atoms with Crippen LogP contribution in [-0.2, 0) is 4.79 Å². The van der Waals surface area contributed by atoms with Crippen LogP contribution in [0.25, 0.3) is 0 Å². The quantitative estimate of drug-likeness (QED) is 0.748. The predicted octanol–water partition coefficient (Wildman–Crippen LogP) is 2.51. The van der Waals surface area contributed by atoms with Crippen molar-refractivity contribution in [1.82, 2.24) is 5.32 Å². The lowest BCUT2D eigenvalue weighted by molar-refractivity contribution is -0.117. The summed E-state index contributed by atoms with van der Waals surface area (Å²) in [6.45, 7) is 6.43. The number of carbonyl (C=O) groups excluding carboxylic acids is 1. The maximum Gasteiger partial charge on any atom is 0.241 e. The van der Waals surface area contributed by atoms with Crippen LogP contribution in [0.3, 0.4) is 0 Å². The van der Waals surface area contributed by atoms with E-state index in [9.17, 15) is 10.1 Å². The number of nitriles is 1. The number of hydrogen-bond acceptors (Lipinski definition) is 4. The van der Waals surface area contributed by atoms with Crippen LogP contribution in [0.2, 0.25) is 0 Å². The van der Waals surface area contributed by atoms with Crippen molar-refractivity contribution < 1.29 is 4.79 Å². The third kappa shape index (κ3) is 4.22. The van der Waals surface area contributed by atoms with Gasteiger partial charge in [0.25, 0.3) is 0 Å². The molecule has 5 nitrogen and oxygen atoms in total. The molecule has 0 saturated carbocycles. The Bertz CT molecular complexity index is 568. The molecule has 0 spiro atoms. The molecule has 118 valence electrons. The average molecular weight is 300 g/mol. The summed E-state index contributed by atoms with van der Waals surface area (Å²) in [7, 11) is 0. The highest BCUT2D eigenvalue weighted by molar-refractivity contribution is 5.95. The largest absolute Gasteiger partial charge is 0.399 e. The molecule has 5 heteroatoms. The summed E-state index contributed by atoms with van der Waals surface area (Å²) in [5.74, 6) is -0.220. The molecule has 3 unspecified atom stereocenters. The monoisotopic (exact) mass is 300 g/mol. The molecule has 1 aliphatic rings. The van der Waals surface area contributed by atoms with Gasteiger partial charge in [-0.1, -0.05) is 20.8 Å². The van der Waals surface area contributed by atoms with Gasteiger partial charge in [0.2, 0.25) is 5.91 Å². The van der Waals surface area contributed by atoms with Gasteiger partial charge in [0.1, 0.15) is 0 Å². The first kappa shape index (κ1) is 16.3. The van der Waals surface area contributed by atoms with E-state index in [1.807, 2.05) is 0 Å². The van der Waals surface area contributed by atoms with E-state index >= 15 is 0 Å². The van der Waals surface area contributed by atoms with E-state index < -0.39 is 0 Å². The number of rotatable bonds is 3. The summed E-state index contributed by atoms with van der Waals surface area (Å²) in [6.07, 6.45) is 1.43. The van der Waals surface area contributed by atoms with Crippen molar-refractivity contribution in [3.05, 3.63) is 24.3 Å². The van der Waals surface area contributed by atoms with E-state index in [1.54, 1.807) is 24.3 Å². The zero-order valence-electron chi connectivity index (χ0n) is 13.4. The van der Waals surface area contributed by atoms with E-state index in [4.69, 9.17) is 5.73 Å². The number of nitrogen functional groups attached to an aromatic ring is 1. The molecular formula is C17H24N4O. The van der Waals surface area contributed by atoms with E-state index in [2.05, 4.69) is 37.5 Å². The van der Waals surface area contributed by atoms with Gasteiger partial charge in [-0.25, -0.2) is 0 Å². The zero-order valence-corrected chi connectivity index (χ0v) is 13.4. The molecule has 1 amide bonds. The summed E-state index contributed by atoms with van der Waals surface area (Å²) in [4.78, 5) is 12.4. The smallest absolute Gasteiger partial charge is 0.241 e. The van der Waals surface area contributed by atoms with Crippen LogP contribution in [0.1, 0.15) is 33.6 Å². The molecule has 1 saturated heterocycles. The molecule has 0 bridgehead atoms. The highest BCUT2D eigenvalue weighted by Gasteiger charge is 2.38. The normalized spacial score (nSPS) is 24.7. The maximum absolute atomic E-state index is 12.4. The maximum atomic E-state index is 12.4. The Hall–Kier alpha value is -2.06. The van der Waals surface area contributed by atoms with Gasteiger partial charge < -0.3 is 16.4 Å². The number of anilines is 2. The lowest BCUT2D eigenvalue weighted by Gasteiger charge is -2.25. The molecule has 0 aromatic heterocycles. The molecule has 0 aliphatic carbocycles. The van der Waals surface area contributed by atoms with E-state index in [0.29, 0.717) is 17.8 Å². The van der Waals surface area contributed by atoms with Crippen LogP contribution in [0.4, 0.5) is 11.4 Å². The lowest BCUT2D eigenvalue weighted by Crippen LogP contribution is -2.40.